The highest BCUT2D eigenvalue weighted by atomic mass is 32.2. The topological polar surface area (TPSA) is 92.5 Å². The lowest BCUT2D eigenvalue weighted by molar-refractivity contribution is -0.384. The van der Waals surface area contributed by atoms with E-state index in [0.717, 1.165) is 12.8 Å². The second-order valence-electron chi connectivity index (χ2n) is 5.38. The number of nitrogens with one attached hydrogen (secondary N) is 1. The predicted octanol–water partition coefficient (Wildman–Crippen LogP) is 1.45. The van der Waals surface area contributed by atoms with E-state index in [1.165, 1.54) is 28.8 Å². The maximum Gasteiger partial charge on any atom is 0.269 e. The van der Waals surface area contributed by atoms with Crippen molar-refractivity contribution >= 4 is 29.3 Å². The molecule has 1 unspecified atom stereocenters. The highest BCUT2D eigenvalue weighted by Crippen LogP contribution is 2.39. The highest BCUT2D eigenvalue weighted by Gasteiger charge is 2.35. The average molecular weight is 321 g/mol. The first kappa shape index (κ1) is 14.8. The zero-order valence-electron chi connectivity index (χ0n) is 11.7. The molecule has 1 saturated heterocycles. The Morgan fingerprint density at radius 1 is 1.45 bits per heavy atom. The van der Waals surface area contributed by atoms with E-state index in [1.54, 1.807) is 12.1 Å². The molecule has 3 rings (SSSR count). The van der Waals surface area contributed by atoms with Gasteiger partial charge in [-0.3, -0.25) is 19.7 Å². The van der Waals surface area contributed by atoms with E-state index in [1.807, 2.05) is 0 Å². The molecule has 0 radical (unpaired) electrons. The Labute approximate surface area is 131 Å². The van der Waals surface area contributed by atoms with Gasteiger partial charge >= 0.3 is 0 Å². The second kappa shape index (κ2) is 5.96. The Hall–Kier alpha value is -2.09. The third-order valence-corrected chi connectivity index (χ3v) is 4.85. The molecule has 1 saturated carbocycles. The Morgan fingerprint density at radius 2 is 2.23 bits per heavy atom. The molecule has 1 atom stereocenters. The minimum absolute atomic E-state index is 0.00427. The molecule has 2 aliphatic rings. The molecule has 22 heavy (non-hydrogen) atoms. The summed E-state index contributed by atoms with van der Waals surface area (Å²) >= 11 is 1.38. The molecule has 1 aliphatic heterocycles. The first-order chi connectivity index (χ1) is 10.5. The number of nitrogens with zero attached hydrogens (tertiary/aromatic N) is 2. The summed E-state index contributed by atoms with van der Waals surface area (Å²) in [7, 11) is 0. The Balaban J connectivity index is 1.75. The van der Waals surface area contributed by atoms with Crippen LogP contribution < -0.4 is 5.32 Å². The van der Waals surface area contributed by atoms with Crippen LogP contribution in [0.2, 0.25) is 0 Å². The molecule has 1 aliphatic carbocycles. The fourth-order valence-corrected chi connectivity index (χ4v) is 3.53. The molecule has 7 nitrogen and oxygen atoms in total. The maximum atomic E-state index is 12.0. The second-order valence-corrected chi connectivity index (χ2v) is 6.45. The number of benzene rings is 1. The smallest absolute Gasteiger partial charge is 0.269 e. The van der Waals surface area contributed by atoms with E-state index in [0.29, 0.717) is 5.56 Å². The standard InChI is InChI=1S/C14H15N3O4S/c18-12(15-10-4-5-10)7-16-13(19)8-22-14(16)9-2-1-3-11(6-9)17(20)21/h1-3,6,10,14H,4-5,7-8H2,(H,15,18). The first-order valence-corrected chi connectivity index (χ1v) is 8.04. The maximum absolute atomic E-state index is 12.0. The van der Waals surface area contributed by atoms with Gasteiger partial charge in [-0.1, -0.05) is 12.1 Å². The molecule has 8 heteroatoms. The van der Waals surface area contributed by atoms with Gasteiger partial charge in [0.2, 0.25) is 11.8 Å². The van der Waals surface area contributed by atoms with Crippen molar-refractivity contribution in [3.63, 3.8) is 0 Å². The number of non-ortho nitro benzene ring substituents is 1. The van der Waals surface area contributed by atoms with Gasteiger partial charge in [0.15, 0.2) is 0 Å². The zero-order valence-corrected chi connectivity index (χ0v) is 12.5. The summed E-state index contributed by atoms with van der Waals surface area (Å²) in [6, 6.07) is 6.46. The van der Waals surface area contributed by atoms with E-state index >= 15 is 0 Å². The predicted molar refractivity (Wildman–Crippen MR) is 81.2 cm³/mol. The fraction of sp³-hybridized carbons (Fsp3) is 0.429. The number of rotatable bonds is 5. The van der Waals surface area contributed by atoms with E-state index in [2.05, 4.69) is 5.32 Å². The van der Waals surface area contributed by atoms with E-state index in [9.17, 15) is 19.7 Å². The Kier molecular flexibility index (Phi) is 4.02. The summed E-state index contributed by atoms with van der Waals surface area (Å²) in [4.78, 5) is 35.8. The molecular formula is C14H15N3O4S. The minimum atomic E-state index is -0.463. The van der Waals surface area contributed by atoms with E-state index < -0.39 is 4.92 Å². The van der Waals surface area contributed by atoms with E-state index in [4.69, 9.17) is 0 Å². The molecule has 2 amide bonds. The Morgan fingerprint density at radius 3 is 2.91 bits per heavy atom. The number of amides is 2. The number of hydrogen-bond donors (Lipinski definition) is 1. The number of thioether (sulfide) groups is 1. The summed E-state index contributed by atoms with van der Waals surface area (Å²) in [5, 5.41) is 13.4. The van der Waals surface area contributed by atoms with Crippen LogP contribution in [0.3, 0.4) is 0 Å². The lowest BCUT2D eigenvalue weighted by Crippen LogP contribution is -2.40. The zero-order chi connectivity index (χ0) is 15.7. The van der Waals surface area contributed by atoms with Gasteiger partial charge in [-0.2, -0.15) is 0 Å². The van der Waals surface area contributed by atoms with Crippen LogP contribution in [0.25, 0.3) is 0 Å². The quantitative estimate of drug-likeness (QED) is 0.654. The van der Waals surface area contributed by atoms with Gasteiger partial charge < -0.3 is 10.2 Å². The molecular weight excluding hydrogens is 306 g/mol. The molecule has 1 aromatic rings. The monoisotopic (exact) mass is 321 g/mol. The van der Waals surface area contributed by atoms with Crippen molar-refractivity contribution in [1.82, 2.24) is 10.2 Å². The number of carbonyl (C=O) groups excluding carboxylic acids is 2. The van der Waals surface area contributed by atoms with Crippen molar-refractivity contribution in [2.75, 3.05) is 12.3 Å². The number of hydrogen-bond acceptors (Lipinski definition) is 5. The van der Waals surface area contributed by atoms with Crippen LogP contribution in [-0.4, -0.2) is 40.0 Å². The van der Waals surface area contributed by atoms with Gasteiger partial charge in [-0.25, -0.2) is 0 Å². The van der Waals surface area contributed by atoms with Crippen molar-refractivity contribution in [1.29, 1.82) is 0 Å². The van der Waals surface area contributed by atoms with Crippen LogP contribution in [-0.2, 0) is 9.59 Å². The minimum Gasteiger partial charge on any atom is -0.352 e. The lowest BCUT2D eigenvalue weighted by Gasteiger charge is -2.23. The van der Waals surface area contributed by atoms with Crippen LogP contribution in [0.15, 0.2) is 24.3 Å². The lowest BCUT2D eigenvalue weighted by atomic mass is 10.2. The van der Waals surface area contributed by atoms with Crippen LogP contribution in [0.4, 0.5) is 5.69 Å². The average Bonchev–Trinajstić information content (AvgIpc) is 3.23. The summed E-state index contributed by atoms with van der Waals surface area (Å²) in [6.45, 7) is -0.00427. The summed E-state index contributed by atoms with van der Waals surface area (Å²) < 4.78 is 0. The van der Waals surface area contributed by atoms with Crippen LogP contribution >= 0.6 is 11.8 Å². The van der Waals surface area contributed by atoms with Gasteiger partial charge in [0.05, 0.1) is 10.7 Å². The highest BCUT2D eigenvalue weighted by molar-refractivity contribution is 8.00. The van der Waals surface area contributed by atoms with Gasteiger partial charge in [0.25, 0.3) is 5.69 Å². The molecule has 0 aromatic heterocycles. The van der Waals surface area contributed by atoms with Gasteiger partial charge in [0.1, 0.15) is 11.9 Å². The third kappa shape index (κ3) is 3.22. The van der Waals surface area contributed by atoms with Gasteiger partial charge in [-0.05, 0) is 18.4 Å². The van der Waals surface area contributed by atoms with E-state index in [-0.39, 0.29) is 41.2 Å². The van der Waals surface area contributed by atoms with Gasteiger partial charge in [0, 0.05) is 18.2 Å². The molecule has 1 aromatic carbocycles. The van der Waals surface area contributed by atoms with Crippen molar-refractivity contribution in [3.05, 3.63) is 39.9 Å². The van der Waals surface area contributed by atoms with Crippen LogP contribution in [0.1, 0.15) is 23.8 Å². The van der Waals surface area contributed by atoms with Crippen molar-refractivity contribution in [2.24, 2.45) is 0 Å². The summed E-state index contributed by atoms with van der Waals surface area (Å²) in [5.41, 5.74) is 0.657. The molecule has 2 fully saturated rings. The molecule has 0 bridgehead atoms. The third-order valence-electron chi connectivity index (χ3n) is 3.59. The van der Waals surface area contributed by atoms with Crippen LogP contribution in [0, 0.1) is 10.1 Å². The molecule has 1 heterocycles. The van der Waals surface area contributed by atoms with Crippen molar-refractivity contribution in [2.45, 2.75) is 24.3 Å². The number of carbonyl (C=O) groups is 2. The molecule has 116 valence electrons. The summed E-state index contributed by atoms with van der Waals surface area (Å²) in [5.74, 6) is -0.00871. The fourth-order valence-electron chi connectivity index (χ4n) is 2.35. The first-order valence-electron chi connectivity index (χ1n) is 6.99. The number of nitro benzene ring substituents is 1. The molecule has 0 spiro atoms. The normalized spacial score (nSPS) is 21.0. The SMILES string of the molecule is O=C(CN1C(=O)CSC1c1cccc([N+](=O)[O-])c1)NC1CC1. The Bertz CT molecular complexity index is 632. The van der Waals surface area contributed by atoms with Gasteiger partial charge in [-0.15, -0.1) is 11.8 Å². The molecule has 1 N–H and O–H groups in total. The summed E-state index contributed by atoms with van der Waals surface area (Å²) in [6.07, 6.45) is 1.98. The van der Waals surface area contributed by atoms with Crippen molar-refractivity contribution in [3.8, 4) is 0 Å². The largest absolute Gasteiger partial charge is 0.352 e. The number of nitro groups is 1. The van der Waals surface area contributed by atoms with Crippen LogP contribution in [0.5, 0.6) is 0 Å². The van der Waals surface area contributed by atoms with Crippen molar-refractivity contribution < 1.29 is 14.5 Å².